The highest BCUT2D eigenvalue weighted by molar-refractivity contribution is 9.10. The Morgan fingerprint density at radius 1 is 1.35 bits per heavy atom. The van der Waals surface area contributed by atoms with Crippen molar-refractivity contribution in [3.05, 3.63) is 40.2 Å². The van der Waals surface area contributed by atoms with Crippen LogP contribution in [-0.2, 0) is 0 Å². The second-order valence-corrected chi connectivity index (χ2v) is 5.90. The summed E-state index contributed by atoms with van der Waals surface area (Å²) in [6.45, 7) is 0. The molecular weight excluding hydrogens is 340 g/mol. The number of nitrogen functional groups attached to an aromatic ring is 1. The van der Waals surface area contributed by atoms with E-state index in [9.17, 15) is 0 Å². The summed E-state index contributed by atoms with van der Waals surface area (Å²) in [5.41, 5.74) is 7.62. The molecule has 6 heteroatoms. The van der Waals surface area contributed by atoms with E-state index in [0.717, 1.165) is 26.2 Å². The van der Waals surface area contributed by atoms with Gasteiger partial charge in [-0.1, -0.05) is 27.2 Å². The van der Waals surface area contributed by atoms with Gasteiger partial charge < -0.3 is 15.0 Å². The van der Waals surface area contributed by atoms with Gasteiger partial charge in [-0.15, -0.1) is 11.3 Å². The molecule has 2 heterocycles. The first-order valence-electron chi connectivity index (χ1n) is 5.83. The van der Waals surface area contributed by atoms with Crippen molar-refractivity contribution in [3.8, 4) is 27.5 Å². The SMILES string of the molecule is COc1ccc(Br)c(-c2onc(N)c2-c2cccs2)c1. The van der Waals surface area contributed by atoms with E-state index >= 15 is 0 Å². The molecule has 0 spiro atoms. The van der Waals surface area contributed by atoms with Crippen LogP contribution in [-0.4, -0.2) is 12.3 Å². The third kappa shape index (κ3) is 2.21. The quantitative estimate of drug-likeness (QED) is 0.759. The topological polar surface area (TPSA) is 61.3 Å². The van der Waals surface area contributed by atoms with Crippen molar-refractivity contribution in [1.82, 2.24) is 5.16 Å². The molecule has 102 valence electrons. The number of rotatable bonds is 3. The molecule has 4 nitrogen and oxygen atoms in total. The van der Waals surface area contributed by atoms with Gasteiger partial charge in [-0.3, -0.25) is 0 Å². The Hall–Kier alpha value is -1.79. The highest BCUT2D eigenvalue weighted by Gasteiger charge is 2.20. The predicted octanol–water partition coefficient (Wildman–Crippen LogP) is 4.42. The summed E-state index contributed by atoms with van der Waals surface area (Å²) in [5.74, 6) is 1.77. The Balaban J connectivity index is 2.21. The van der Waals surface area contributed by atoms with Crippen molar-refractivity contribution in [2.24, 2.45) is 0 Å². The molecular formula is C14H11BrN2O2S. The van der Waals surface area contributed by atoms with Gasteiger partial charge in [0.25, 0.3) is 0 Å². The molecule has 1 aromatic carbocycles. The van der Waals surface area contributed by atoms with Gasteiger partial charge in [0.05, 0.1) is 12.7 Å². The van der Waals surface area contributed by atoms with Gasteiger partial charge in [0.1, 0.15) is 5.75 Å². The Labute approximate surface area is 128 Å². The van der Waals surface area contributed by atoms with Crippen molar-refractivity contribution in [1.29, 1.82) is 0 Å². The lowest BCUT2D eigenvalue weighted by molar-refractivity contribution is 0.413. The lowest BCUT2D eigenvalue weighted by atomic mass is 10.1. The molecule has 0 atom stereocenters. The molecule has 0 unspecified atom stereocenters. The maximum atomic E-state index is 5.95. The van der Waals surface area contributed by atoms with E-state index in [-0.39, 0.29) is 0 Å². The van der Waals surface area contributed by atoms with Crippen LogP contribution in [0, 0.1) is 0 Å². The molecule has 0 aliphatic rings. The molecule has 3 aromatic rings. The molecule has 0 saturated heterocycles. The van der Waals surface area contributed by atoms with Crippen molar-refractivity contribution in [3.63, 3.8) is 0 Å². The van der Waals surface area contributed by atoms with E-state index in [1.165, 1.54) is 0 Å². The number of anilines is 1. The van der Waals surface area contributed by atoms with E-state index in [4.69, 9.17) is 15.0 Å². The van der Waals surface area contributed by atoms with Gasteiger partial charge in [-0.2, -0.15) is 0 Å². The number of thiophene rings is 1. The number of hydrogen-bond acceptors (Lipinski definition) is 5. The van der Waals surface area contributed by atoms with Crippen LogP contribution in [0.15, 0.2) is 44.7 Å². The lowest BCUT2D eigenvalue weighted by Gasteiger charge is -2.06. The molecule has 0 saturated carbocycles. The van der Waals surface area contributed by atoms with Crippen LogP contribution in [0.1, 0.15) is 0 Å². The number of ether oxygens (including phenoxy) is 1. The number of methoxy groups -OCH3 is 1. The van der Waals surface area contributed by atoms with Crippen LogP contribution in [0.4, 0.5) is 5.82 Å². The van der Waals surface area contributed by atoms with Gasteiger partial charge >= 0.3 is 0 Å². The third-order valence-corrected chi connectivity index (χ3v) is 4.48. The molecule has 0 aliphatic carbocycles. The first kappa shape index (κ1) is 13.2. The summed E-state index contributed by atoms with van der Waals surface area (Å²) in [6, 6.07) is 9.63. The van der Waals surface area contributed by atoms with Gasteiger partial charge in [0, 0.05) is 14.9 Å². The third-order valence-electron chi connectivity index (χ3n) is 2.90. The molecule has 2 aromatic heterocycles. The summed E-state index contributed by atoms with van der Waals surface area (Å²) in [5, 5.41) is 5.89. The van der Waals surface area contributed by atoms with Crippen LogP contribution in [0.25, 0.3) is 21.8 Å². The van der Waals surface area contributed by atoms with Crippen LogP contribution in [0.3, 0.4) is 0 Å². The maximum Gasteiger partial charge on any atom is 0.179 e. The van der Waals surface area contributed by atoms with Gasteiger partial charge in [0.15, 0.2) is 11.6 Å². The number of nitrogens with two attached hydrogens (primary N) is 1. The van der Waals surface area contributed by atoms with E-state index in [1.54, 1.807) is 18.4 Å². The molecule has 0 aliphatic heterocycles. The number of aromatic nitrogens is 1. The van der Waals surface area contributed by atoms with Crippen LogP contribution in [0.5, 0.6) is 5.75 Å². The maximum absolute atomic E-state index is 5.95. The Morgan fingerprint density at radius 3 is 2.90 bits per heavy atom. The minimum Gasteiger partial charge on any atom is -0.497 e. The molecule has 2 N–H and O–H groups in total. The second kappa shape index (κ2) is 5.30. The van der Waals surface area contributed by atoms with Crippen LogP contribution < -0.4 is 10.5 Å². The summed E-state index contributed by atoms with van der Waals surface area (Å²) in [6.07, 6.45) is 0. The van der Waals surface area contributed by atoms with Crippen LogP contribution >= 0.6 is 27.3 Å². The molecule has 0 amide bonds. The largest absolute Gasteiger partial charge is 0.497 e. The van der Waals surface area contributed by atoms with Crippen molar-refractivity contribution >= 4 is 33.1 Å². The Bertz CT molecular complexity index is 738. The van der Waals surface area contributed by atoms with E-state index in [1.807, 2.05) is 35.7 Å². The molecule has 0 fully saturated rings. The number of nitrogens with zero attached hydrogens (tertiary/aromatic N) is 1. The summed E-state index contributed by atoms with van der Waals surface area (Å²) in [4.78, 5) is 1.02. The van der Waals surface area contributed by atoms with Gasteiger partial charge in [0.2, 0.25) is 0 Å². The van der Waals surface area contributed by atoms with E-state index in [0.29, 0.717) is 11.6 Å². The zero-order valence-corrected chi connectivity index (χ0v) is 13.0. The highest BCUT2D eigenvalue weighted by Crippen LogP contribution is 2.42. The Morgan fingerprint density at radius 2 is 2.20 bits per heavy atom. The van der Waals surface area contributed by atoms with Crippen molar-refractivity contribution < 1.29 is 9.26 Å². The zero-order chi connectivity index (χ0) is 14.1. The number of benzene rings is 1. The highest BCUT2D eigenvalue weighted by atomic mass is 79.9. The molecule has 20 heavy (non-hydrogen) atoms. The fraction of sp³-hybridized carbons (Fsp3) is 0.0714. The molecule has 0 radical (unpaired) electrons. The second-order valence-electron chi connectivity index (χ2n) is 4.10. The predicted molar refractivity (Wildman–Crippen MR) is 83.9 cm³/mol. The first-order valence-corrected chi connectivity index (χ1v) is 7.51. The molecule has 0 bridgehead atoms. The smallest absolute Gasteiger partial charge is 0.179 e. The van der Waals surface area contributed by atoms with Crippen LogP contribution in [0.2, 0.25) is 0 Å². The van der Waals surface area contributed by atoms with Crippen molar-refractivity contribution in [2.75, 3.05) is 12.8 Å². The minimum atomic E-state index is 0.386. The first-order chi connectivity index (χ1) is 9.70. The molecule has 3 rings (SSSR count). The lowest BCUT2D eigenvalue weighted by Crippen LogP contribution is -1.88. The fourth-order valence-corrected chi connectivity index (χ4v) is 3.15. The zero-order valence-electron chi connectivity index (χ0n) is 10.6. The monoisotopic (exact) mass is 350 g/mol. The van der Waals surface area contributed by atoms with Gasteiger partial charge in [-0.25, -0.2) is 0 Å². The summed E-state index contributed by atoms with van der Waals surface area (Å²) >= 11 is 5.12. The normalized spacial score (nSPS) is 10.7. The summed E-state index contributed by atoms with van der Waals surface area (Å²) < 4.78 is 11.6. The number of halogens is 1. The van der Waals surface area contributed by atoms with Crippen molar-refractivity contribution in [2.45, 2.75) is 0 Å². The van der Waals surface area contributed by atoms with Gasteiger partial charge in [-0.05, 0) is 29.6 Å². The minimum absolute atomic E-state index is 0.386. The number of hydrogen-bond donors (Lipinski definition) is 1. The summed E-state index contributed by atoms with van der Waals surface area (Å²) in [7, 11) is 1.63. The van der Waals surface area contributed by atoms with E-state index in [2.05, 4.69) is 21.1 Å². The standard InChI is InChI=1S/C14H11BrN2O2S/c1-18-8-4-5-10(15)9(7-8)13-12(14(16)17-19-13)11-3-2-6-20-11/h2-7H,1H3,(H2,16,17). The average molecular weight is 351 g/mol. The fourth-order valence-electron chi connectivity index (χ4n) is 1.95. The average Bonchev–Trinajstić information content (AvgIpc) is 3.08. The Kier molecular flexibility index (Phi) is 3.50. The van der Waals surface area contributed by atoms with E-state index < -0.39 is 0 Å².